The average Bonchev–Trinajstić information content (AvgIpc) is 3.05. The number of hydrogen-bond donors (Lipinski definition) is 3. The molecule has 1 unspecified atom stereocenters. The van der Waals surface area contributed by atoms with Crippen molar-refractivity contribution in [3.8, 4) is 0 Å². The maximum atomic E-state index is 9.21. The van der Waals surface area contributed by atoms with E-state index in [0.29, 0.717) is 17.9 Å². The van der Waals surface area contributed by atoms with Crippen LogP contribution in [-0.2, 0) is 4.74 Å². The molecule has 0 heterocycles. The molecule has 1 atom stereocenters. The van der Waals surface area contributed by atoms with Gasteiger partial charge < -0.3 is 20.5 Å². The van der Waals surface area contributed by atoms with Gasteiger partial charge in [-0.05, 0) is 50.9 Å². The van der Waals surface area contributed by atoms with Crippen LogP contribution >= 0.6 is 0 Å². The highest BCUT2D eigenvalue weighted by Crippen LogP contribution is 2.20. The van der Waals surface area contributed by atoms with Crippen LogP contribution < -0.4 is 10.6 Å². The molecular weight excluding hydrogens is 302 g/mol. The topological polar surface area (TPSA) is 65.9 Å². The Hall–Kier alpha value is -0.810. The van der Waals surface area contributed by atoms with Gasteiger partial charge in [0, 0.05) is 32.8 Å². The Bertz CT molecular complexity index is 329. The van der Waals surface area contributed by atoms with E-state index >= 15 is 0 Å². The summed E-state index contributed by atoms with van der Waals surface area (Å²) in [6.07, 6.45) is 8.57. The lowest BCUT2D eigenvalue weighted by atomic mass is 9.94. The van der Waals surface area contributed by atoms with Crippen molar-refractivity contribution in [2.24, 2.45) is 16.8 Å². The van der Waals surface area contributed by atoms with Crippen molar-refractivity contribution in [3.63, 3.8) is 0 Å². The van der Waals surface area contributed by atoms with Crippen LogP contribution in [0.3, 0.4) is 0 Å². The van der Waals surface area contributed by atoms with Gasteiger partial charge in [0.05, 0.1) is 6.10 Å². The van der Waals surface area contributed by atoms with E-state index in [9.17, 15) is 5.11 Å². The largest absolute Gasteiger partial charge is 0.396 e. The Morgan fingerprint density at radius 1 is 1.25 bits per heavy atom. The molecule has 0 aliphatic heterocycles. The monoisotopic (exact) mass is 341 g/mol. The van der Waals surface area contributed by atoms with E-state index in [2.05, 4.69) is 31.4 Å². The molecule has 0 amide bonds. The van der Waals surface area contributed by atoms with Crippen molar-refractivity contribution in [1.29, 1.82) is 0 Å². The van der Waals surface area contributed by atoms with Crippen molar-refractivity contribution < 1.29 is 9.84 Å². The Balaban J connectivity index is 2.26. The van der Waals surface area contributed by atoms with Gasteiger partial charge in [0.2, 0.25) is 0 Å². The quantitative estimate of drug-likeness (QED) is 0.290. The Morgan fingerprint density at radius 2 is 2.00 bits per heavy atom. The first kappa shape index (κ1) is 21.2. The molecule has 0 bridgehead atoms. The molecule has 1 saturated carbocycles. The van der Waals surface area contributed by atoms with E-state index in [0.717, 1.165) is 51.5 Å². The van der Waals surface area contributed by atoms with Crippen LogP contribution in [0.5, 0.6) is 0 Å². The zero-order valence-corrected chi connectivity index (χ0v) is 16.0. The minimum Gasteiger partial charge on any atom is -0.396 e. The van der Waals surface area contributed by atoms with Gasteiger partial charge in [-0.3, -0.25) is 4.99 Å². The van der Waals surface area contributed by atoms with E-state index in [4.69, 9.17) is 9.73 Å². The van der Waals surface area contributed by atoms with Gasteiger partial charge in [0.25, 0.3) is 0 Å². The summed E-state index contributed by atoms with van der Waals surface area (Å²) in [4.78, 5) is 4.70. The third-order valence-electron chi connectivity index (χ3n) is 4.46. The third kappa shape index (κ3) is 10.1. The lowest BCUT2D eigenvalue weighted by Gasteiger charge is -2.17. The van der Waals surface area contributed by atoms with Crippen LogP contribution in [0.4, 0.5) is 0 Å². The van der Waals surface area contributed by atoms with Gasteiger partial charge in [0.15, 0.2) is 5.96 Å². The maximum Gasteiger partial charge on any atom is 0.191 e. The predicted molar refractivity (Wildman–Crippen MR) is 101 cm³/mol. The number of nitrogens with zero attached hydrogens (tertiary/aromatic N) is 1. The van der Waals surface area contributed by atoms with Crippen molar-refractivity contribution in [2.45, 2.75) is 71.8 Å². The molecule has 0 aromatic carbocycles. The van der Waals surface area contributed by atoms with Crippen LogP contribution in [0.25, 0.3) is 0 Å². The number of aliphatic imine (C=N–C) groups is 1. The van der Waals surface area contributed by atoms with E-state index in [-0.39, 0.29) is 6.61 Å². The van der Waals surface area contributed by atoms with Crippen molar-refractivity contribution >= 4 is 5.96 Å². The second-order valence-electron chi connectivity index (χ2n) is 7.29. The highest BCUT2D eigenvalue weighted by Gasteiger charge is 2.14. The standard InChI is InChI=1S/C19H39N3O2/c1-4-20-19(22-15-17(10-12-23)14-16(2)3)21-11-7-13-24-18-8-5-6-9-18/h16-18,23H,4-15H2,1-3H3,(H2,20,21,22). The number of hydrogen-bond acceptors (Lipinski definition) is 3. The summed E-state index contributed by atoms with van der Waals surface area (Å²) >= 11 is 0. The van der Waals surface area contributed by atoms with Gasteiger partial charge in [-0.1, -0.05) is 26.7 Å². The van der Waals surface area contributed by atoms with E-state index < -0.39 is 0 Å². The van der Waals surface area contributed by atoms with Gasteiger partial charge in [-0.25, -0.2) is 0 Å². The summed E-state index contributed by atoms with van der Waals surface area (Å²) < 4.78 is 5.89. The molecule has 1 aliphatic carbocycles. The molecule has 1 aliphatic rings. The lowest BCUT2D eigenvalue weighted by Crippen LogP contribution is -2.38. The first-order chi connectivity index (χ1) is 11.7. The van der Waals surface area contributed by atoms with Crippen LogP contribution in [-0.4, -0.2) is 50.0 Å². The summed E-state index contributed by atoms with van der Waals surface area (Å²) in [5.41, 5.74) is 0. The summed E-state index contributed by atoms with van der Waals surface area (Å²) in [6, 6.07) is 0. The minimum absolute atomic E-state index is 0.245. The van der Waals surface area contributed by atoms with Crippen molar-refractivity contribution in [3.05, 3.63) is 0 Å². The van der Waals surface area contributed by atoms with Gasteiger partial charge in [-0.2, -0.15) is 0 Å². The molecular formula is C19H39N3O2. The smallest absolute Gasteiger partial charge is 0.191 e. The Kier molecular flexibility index (Phi) is 11.9. The molecule has 5 nitrogen and oxygen atoms in total. The molecule has 0 aromatic heterocycles. The summed E-state index contributed by atoms with van der Waals surface area (Å²) in [5, 5.41) is 15.9. The maximum absolute atomic E-state index is 9.21. The first-order valence-electron chi connectivity index (χ1n) is 9.90. The van der Waals surface area contributed by atoms with Crippen LogP contribution in [0.1, 0.15) is 65.7 Å². The zero-order chi connectivity index (χ0) is 17.6. The summed E-state index contributed by atoms with van der Waals surface area (Å²) in [7, 11) is 0. The highest BCUT2D eigenvalue weighted by atomic mass is 16.5. The fourth-order valence-electron chi connectivity index (χ4n) is 3.28. The number of nitrogens with one attached hydrogen (secondary N) is 2. The molecule has 0 saturated heterocycles. The fraction of sp³-hybridized carbons (Fsp3) is 0.947. The lowest BCUT2D eigenvalue weighted by molar-refractivity contribution is 0.0574. The molecule has 142 valence electrons. The molecule has 0 radical (unpaired) electrons. The number of rotatable bonds is 12. The SMILES string of the molecule is CCNC(=NCC(CCO)CC(C)C)NCCCOC1CCCC1. The summed E-state index contributed by atoms with van der Waals surface area (Å²) in [6.45, 7) is 10.1. The van der Waals surface area contributed by atoms with E-state index in [1.807, 2.05) is 0 Å². The van der Waals surface area contributed by atoms with E-state index in [1.54, 1.807) is 0 Å². The molecule has 1 fully saturated rings. The highest BCUT2D eigenvalue weighted by molar-refractivity contribution is 5.79. The van der Waals surface area contributed by atoms with E-state index in [1.165, 1.54) is 25.7 Å². The van der Waals surface area contributed by atoms with Crippen LogP contribution in [0.2, 0.25) is 0 Å². The normalized spacial score (nSPS) is 17.5. The van der Waals surface area contributed by atoms with Crippen molar-refractivity contribution in [1.82, 2.24) is 10.6 Å². The van der Waals surface area contributed by atoms with Gasteiger partial charge in [0.1, 0.15) is 0 Å². The average molecular weight is 342 g/mol. The van der Waals surface area contributed by atoms with Crippen LogP contribution in [0.15, 0.2) is 4.99 Å². The second kappa shape index (κ2) is 13.5. The molecule has 0 aromatic rings. The number of aliphatic hydroxyl groups is 1. The van der Waals surface area contributed by atoms with Crippen molar-refractivity contribution in [2.75, 3.05) is 32.8 Å². The molecule has 24 heavy (non-hydrogen) atoms. The second-order valence-corrected chi connectivity index (χ2v) is 7.29. The third-order valence-corrected chi connectivity index (χ3v) is 4.46. The number of ether oxygens (including phenoxy) is 1. The van der Waals surface area contributed by atoms with Crippen LogP contribution in [0, 0.1) is 11.8 Å². The number of aliphatic hydroxyl groups excluding tert-OH is 1. The zero-order valence-electron chi connectivity index (χ0n) is 16.0. The van der Waals surface area contributed by atoms with Gasteiger partial charge in [-0.15, -0.1) is 0 Å². The molecule has 0 spiro atoms. The fourth-order valence-corrected chi connectivity index (χ4v) is 3.28. The molecule has 5 heteroatoms. The Labute approximate surface area is 148 Å². The predicted octanol–water partition coefficient (Wildman–Crippen LogP) is 2.94. The molecule has 1 rings (SSSR count). The molecule has 3 N–H and O–H groups in total. The first-order valence-corrected chi connectivity index (χ1v) is 9.90. The minimum atomic E-state index is 0.245. The number of guanidine groups is 1. The van der Waals surface area contributed by atoms with Gasteiger partial charge >= 0.3 is 0 Å². The summed E-state index contributed by atoms with van der Waals surface area (Å²) in [5.74, 6) is 1.97. The Morgan fingerprint density at radius 3 is 2.62 bits per heavy atom.